The second-order valence-corrected chi connectivity index (χ2v) is 3.40. The molecule has 0 aromatic rings. The number of alkyl halides is 3. The van der Waals surface area contributed by atoms with Crippen molar-refractivity contribution in [1.82, 2.24) is 0 Å². The van der Waals surface area contributed by atoms with Gasteiger partial charge in [0.25, 0.3) is 0 Å². The van der Waals surface area contributed by atoms with Crippen LogP contribution in [0.15, 0.2) is 0 Å². The number of ether oxygens (including phenoxy) is 1. The molecule has 0 aromatic carbocycles. The lowest BCUT2D eigenvalue weighted by Crippen LogP contribution is -2.25. The third-order valence-corrected chi connectivity index (χ3v) is 2.01. The zero-order valence-electron chi connectivity index (χ0n) is 9.17. The molecule has 0 saturated carbocycles. The lowest BCUT2D eigenvalue weighted by Gasteiger charge is -2.18. The second kappa shape index (κ2) is 6.09. The fourth-order valence-electron chi connectivity index (χ4n) is 1.12. The normalized spacial score (nSPS) is 11.4. The highest BCUT2D eigenvalue weighted by Gasteiger charge is 2.39. The first-order valence-corrected chi connectivity index (χ1v) is 4.83. The monoisotopic (exact) mass is 248 g/mol. The smallest absolute Gasteiger partial charge is 0.389 e. The van der Waals surface area contributed by atoms with E-state index in [-0.39, 0.29) is 6.61 Å². The lowest BCUT2D eigenvalue weighted by molar-refractivity contribution is -0.148. The SMILES string of the molecule is CCOC(=O)CC(C#N)(C#N)CCC(F)(F)F. The summed E-state index contributed by atoms with van der Waals surface area (Å²) in [4.78, 5) is 11.1. The second-order valence-electron chi connectivity index (χ2n) is 3.40. The van der Waals surface area contributed by atoms with Crippen LogP contribution in [0.3, 0.4) is 0 Å². The molecule has 94 valence electrons. The van der Waals surface area contributed by atoms with E-state index in [9.17, 15) is 18.0 Å². The molecule has 0 spiro atoms. The van der Waals surface area contributed by atoms with Gasteiger partial charge in [-0.15, -0.1) is 0 Å². The van der Waals surface area contributed by atoms with Gasteiger partial charge in [-0.25, -0.2) is 0 Å². The largest absolute Gasteiger partial charge is 0.466 e. The van der Waals surface area contributed by atoms with Crippen LogP contribution in [0.2, 0.25) is 0 Å². The molecule has 4 nitrogen and oxygen atoms in total. The highest BCUT2D eigenvalue weighted by atomic mass is 19.4. The third-order valence-electron chi connectivity index (χ3n) is 2.01. The van der Waals surface area contributed by atoms with Crippen molar-refractivity contribution in [2.24, 2.45) is 5.41 Å². The summed E-state index contributed by atoms with van der Waals surface area (Å²) in [6, 6.07) is 2.93. The number of esters is 1. The molecule has 7 heteroatoms. The average Bonchev–Trinajstić information content (AvgIpc) is 2.23. The quantitative estimate of drug-likeness (QED) is 0.700. The van der Waals surface area contributed by atoms with Crippen LogP contribution in [0.1, 0.15) is 26.2 Å². The molecule has 0 fully saturated rings. The Morgan fingerprint density at radius 3 is 2.12 bits per heavy atom. The molecule has 0 rings (SSSR count). The Kier molecular flexibility index (Phi) is 5.46. The van der Waals surface area contributed by atoms with Crippen molar-refractivity contribution in [3.63, 3.8) is 0 Å². The van der Waals surface area contributed by atoms with Gasteiger partial charge in [0.05, 0.1) is 25.2 Å². The van der Waals surface area contributed by atoms with Crippen LogP contribution in [0.5, 0.6) is 0 Å². The van der Waals surface area contributed by atoms with Crippen molar-refractivity contribution in [2.75, 3.05) is 6.61 Å². The van der Waals surface area contributed by atoms with Crippen LogP contribution in [-0.4, -0.2) is 18.8 Å². The number of nitriles is 2. The number of halogens is 3. The summed E-state index contributed by atoms with van der Waals surface area (Å²) in [5.41, 5.74) is -1.97. The molecule has 0 heterocycles. The van der Waals surface area contributed by atoms with Crippen LogP contribution in [0, 0.1) is 28.1 Å². The van der Waals surface area contributed by atoms with Gasteiger partial charge in [-0.3, -0.25) is 4.79 Å². The van der Waals surface area contributed by atoms with Gasteiger partial charge in [0, 0.05) is 6.42 Å². The maximum atomic E-state index is 12.0. The highest BCUT2D eigenvalue weighted by molar-refractivity contribution is 5.71. The number of carbonyl (C=O) groups excluding carboxylic acids is 1. The van der Waals surface area contributed by atoms with Gasteiger partial charge >= 0.3 is 12.1 Å². The number of hydrogen-bond acceptors (Lipinski definition) is 4. The molecule has 0 aromatic heterocycles. The lowest BCUT2D eigenvalue weighted by atomic mass is 9.83. The fourth-order valence-corrected chi connectivity index (χ4v) is 1.12. The Balaban J connectivity index is 4.65. The average molecular weight is 248 g/mol. The van der Waals surface area contributed by atoms with E-state index in [1.165, 1.54) is 19.1 Å². The molecule has 0 radical (unpaired) electrons. The summed E-state index contributed by atoms with van der Waals surface area (Å²) in [6.45, 7) is 1.57. The Bertz CT molecular complexity index is 338. The van der Waals surface area contributed by atoms with Crippen LogP contribution in [0.25, 0.3) is 0 Å². The van der Waals surface area contributed by atoms with Crippen molar-refractivity contribution >= 4 is 5.97 Å². The van der Waals surface area contributed by atoms with Gasteiger partial charge < -0.3 is 4.74 Å². The van der Waals surface area contributed by atoms with Crippen LogP contribution < -0.4 is 0 Å². The minimum Gasteiger partial charge on any atom is -0.466 e. The molecule has 0 unspecified atom stereocenters. The molecule has 0 aliphatic rings. The first-order chi connectivity index (χ1) is 7.78. The van der Waals surface area contributed by atoms with Crippen molar-refractivity contribution in [3.8, 4) is 12.1 Å². The summed E-state index contributed by atoms with van der Waals surface area (Å²) >= 11 is 0. The maximum absolute atomic E-state index is 12.0. The van der Waals surface area contributed by atoms with Crippen molar-refractivity contribution < 1.29 is 22.7 Å². The van der Waals surface area contributed by atoms with Gasteiger partial charge in [0.15, 0.2) is 5.41 Å². The molecular weight excluding hydrogens is 237 g/mol. The van der Waals surface area contributed by atoms with Crippen LogP contribution >= 0.6 is 0 Å². The van der Waals surface area contributed by atoms with E-state index in [1.807, 2.05) is 0 Å². The van der Waals surface area contributed by atoms with Crippen molar-refractivity contribution in [2.45, 2.75) is 32.4 Å². The Labute approximate surface area is 96.6 Å². The molecule has 0 N–H and O–H groups in total. The van der Waals surface area contributed by atoms with E-state index in [0.29, 0.717) is 0 Å². The first kappa shape index (κ1) is 15.2. The van der Waals surface area contributed by atoms with E-state index in [0.717, 1.165) is 0 Å². The summed E-state index contributed by atoms with van der Waals surface area (Å²) in [5.74, 6) is -0.849. The van der Waals surface area contributed by atoms with E-state index < -0.39 is 36.8 Å². The number of carbonyl (C=O) groups is 1. The number of nitrogens with zero attached hydrogens (tertiary/aromatic N) is 2. The molecule has 0 saturated heterocycles. The highest BCUT2D eigenvalue weighted by Crippen LogP contribution is 2.33. The molecule has 17 heavy (non-hydrogen) atoms. The molecule has 0 atom stereocenters. The Hall–Kier alpha value is -1.76. The first-order valence-electron chi connectivity index (χ1n) is 4.83. The standard InChI is InChI=1S/C10H11F3N2O2/c1-2-17-8(16)5-9(6-14,7-15)3-4-10(11,12)13/h2-5H2,1H3. The van der Waals surface area contributed by atoms with Crippen molar-refractivity contribution in [1.29, 1.82) is 10.5 Å². The van der Waals surface area contributed by atoms with Gasteiger partial charge in [-0.1, -0.05) is 0 Å². The summed E-state index contributed by atoms with van der Waals surface area (Å²) < 4.78 is 40.5. The predicted octanol–water partition coefficient (Wildman–Crippen LogP) is 2.32. The van der Waals surface area contributed by atoms with Gasteiger partial charge in [-0.2, -0.15) is 23.7 Å². The predicted molar refractivity (Wildman–Crippen MR) is 50.2 cm³/mol. The minimum absolute atomic E-state index is 0.0467. The van der Waals surface area contributed by atoms with Gasteiger partial charge in [0.1, 0.15) is 0 Å². The fraction of sp³-hybridized carbons (Fsp3) is 0.700. The topological polar surface area (TPSA) is 73.9 Å². The van der Waals surface area contributed by atoms with E-state index >= 15 is 0 Å². The van der Waals surface area contributed by atoms with E-state index in [4.69, 9.17) is 10.5 Å². The maximum Gasteiger partial charge on any atom is 0.389 e. The molecular formula is C10H11F3N2O2. The minimum atomic E-state index is -4.46. The van der Waals surface area contributed by atoms with E-state index in [2.05, 4.69) is 4.74 Å². The van der Waals surface area contributed by atoms with Crippen LogP contribution in [0.4, 0.5) is 13.2 Å². The Morgan fingerprint density at radius 2 is 1.76 bits per heavy atom. The zero-order chi connectivity index (χ0) is 13.5. The van der Waals surface area contributed by atoms with Crippen LogP contribution in [-0.2, 0) is 9.53 Å². The van der Waals surface area contributed by atoms with Gasteiger partial charge in [0.2, 0.25) is 0 Å². The summed E-state index contributed by atoms with van der Waals surface area (Å²) in [5, 5.41) is 17.5. The zero-order valence-corrected chi connectivity index (χ0v) is 9.17. The molecule has 0 bridgehead atoms. The van der Waals surface area contributed by atoms with Gasteiger partial charge in [-0.05, 0) is 13.3 Å². The molecule has 0 amide bonds. The summed E-state index contributed by atoms with van der Waals surface area (Å²) in [7, 11) is 0. The molecule has 0 aliphatic carbocycles. The van der Waals surface area contributed by atoms with Crippen molar-refractivity contribution in [3.05, 3.63) is 0 Å². The summed E-state index contributed by atoms with van der Waals surface area (Å²) in [6.07, 6.45) is -7.13. The van der Waals surface area contributed by atoms with E-state index in [1.54, 1.807) is 0 Å². The number of hydrogen-bond donors (Lipinski definition) is 0. The third kappa shape index (κ3) is 5.76. The molecule has 0 aliphatic heterocycles. The Morgan fingerprint density at radius 1 is 1.24 bits per heavy atom. The number of rotatable bonds is 5.